The van der Waals surface area contributed by atoms with Crippen LogP contribution in [0, 0.1) is 0 Å². The van der Waals surface area contributed by atoms with E-state index in [-0.39, 0.29) is 21.0 Å². The first-order chi connectivity index (χ1) is 10.2. The summed E-state index contributed by atoms with van der Waals surface area (Å²) in [4.78, 5) is 22.8. The zero-order chi connectivity index (χ0) is 16.9. The van der Waals surface area contributed by atoms with Crippen LogP contribution in [0.3, 0.4) is 0 Å². The average molecular weight is 387 g/mol. The summed E-state index contributed by atoms with van der Waals surface area (Å²) in [7, 11) is 0. The quantitative estimate of drug-likeness (QED) is 0.699. The van der Waals surface area contributed by atoms with Crippen molar-refractivity contribution in [2.75, 3.05) is 6.61 Å². The normalized spacial score (nSPS) is 12.1. The fraction of sp³-hybridized carbons (Fsp3) is 0.385. The van der Waals surface area contributed by atoms with Crippen LogP contribution in [0.15, 0.2) is 12.1 Å². The molecule has 0 saturated heterocycles. The summed E-state index contributed by atoms with van der Waals surface area (Å²) in [5, 5.41) is 11.1. The van der Waals surface area contributed by atoms with E-state index in [1.807, 2.05) is 13.8 Å². The molecule has 0 spiro atoms. The second-order valence-electron chi connectivity index (χ2n) is 4.46. The van der Waals surface area contributed by atoms with E-state index in [4.69, 9.17) is 44.6 Å². The predicted octanol–water partition coefficient (Wildman–Crippen LogP) is 3.69. The van der Waals surface area contributed by atoms with Gasteiger partial charge in [0.25, 0.3) is 5.91 Å². The standard InChI is InChI=1S/C13H14Cl3NO4S/c1-6(2)22-12(13(19)20)17-10(18)5-21-11-8(15)3-7(14)4-9(11)16/h3-4,6,12H,5H2,1-2H3,(H,17,18)(H,19,20). The highest BCUT2D eigenvalue weighted by Gasteiger charge is 2.22. The summed E-state index contributed by atoms with van der Waals surface area (Å²) in [5.74, 6) is -1.61. The SMILES string of the molecule is CC(C)SC(NC(=O)COc1c(Cl)cc(Cl)cc1Cl)C(=O)O. The Labute approximate surface area is 147 Å². The Hall–Kier alpha value is -0.820. The van der Waals surface area contributed by atoms with Gasteiger partial charge >= 0.3 is 5.97 Å². The summed E-state index contributed by atoms with van der Waals surface area (Å²) in [5.41, 5.74) is 0. The molecule has 0 aliphatic heterocycles. The number of carbonyl (C=O) groups is 2. The lowest BCUT2D eigenvalue weighted by atomic mass is 10.3. The molecule has 5 nitrogen and oxygen atoms in total. The second-order valence-corrected chi connectivity index (χ2v) is 7.40. The number of benzene rings is 1. The third-order valence-electron chi connectivity index (χ3n) is 2.24. The molecule has 1 amide bonds. The predicted molar refractivity (Wildman–Crippen MR) is 89.3 cm³/mol. The summed E-state index contributed by atoms with van der Waals surface area (Å²) in [6.07, 6.45) is 0. The molecule has 122 valence electrons. The fourth-order valence-electron chi connectivity index (χ4n) is 1.42. The number of amides is 1. The van der Waals surface area contributed by atoms with Gasteiger partial charge in [-0.1, -0.05) is 48.7 Å². The van der Waals surface area contributed by atoms with E-state index >= 15 is 0 Å². The second kappa shape index (κ2) is 8.72. The molecule has 0 saturated carbocycles. The highest BCUT2D eigenvalue weighted by atomic mass is 35.5. The molecule has 0 aromatic heterocycles. The molecule has 1 aromatic carbocycles. The maximum Gasteiger partial charge on any atom is 0.336 e. The van der Waals surface area contributed by atoms with Crippen LogP contribution in [0.2, 0.25) is 15.1 Å². The Bertz CT molecular complexity index is 545. The molecule has 1 aromatic rings. The molecule has 0 aliphatic rings. The van der Waals surface area contributed by atoms with Gasteiger partial charge in [-0.3, -0.25) is 4.79 Å². The molecule has 0 bridgehead atoms. The van der Waals surface area contributed by atoms with Gasteiger partial charge in [-0.15, -0.1) is 11.8 Å². The Morgan fingerprint density at radius 3 is 2.27 bits per heavy atom. The molecule has 2 N–H and O–H groups in total. The van der Waals surface area contributed by atoms with Crippen molar-refractivity contribution < 1.29 is 19.4 Å². The summed E-state index contributed by atoms with van der Waals surface area (Å²) >= 11 is 18.7. The molecule has 9 heteroatoms. The number of ether oxygens (including phenoxy) is 1. The molecular formula is C13H14Cl3NO4S. The molecule has 1 atom stereocenters. The first-order valence-electron chi connectivity index (χ1n) is 6.15. The number of hydrogen-bond acceptors (Lipinski definition) is 4. The third-order valence-corrected chi connectivity index (χ3v) is 4.15. The molecule has 0 heterocycles. The number of carbonyl (C=O) groups excluding carboxylic acids is 1. The monoisotopic (exact) mass is 385 g/mol. The van der Waals surface area contributed by atoms with Crippen molar-refractivity contribution in [1.82, 2.24) is 5.32 Å². The number of halogens is 3. The topological polar surface area (TPSA) is 75.6 Å². The van der Waals surface area contributed by atoms with Gasteiger partial charge in [-0.05, 0) is 12.1 Å². The van der Waals surface area contributed by atoms with Crippen LogP contribution in [0.4, 0.5) is 0 Å². The van der Waals surface area contributed by atoms with Crippen molar-refractivity contribution in [3.63, 3.8) is 0 Å². The molecule has 0 radical (unpaired) electrons. The number of thioether (sulfide) groups is 1. The molecule has 0 aliphatic carbocycles. The summed E-state index contributed by atoms with van der Waals surface area (Å²) in [6.45, 7) is 3.25. The first kappa shape index (κ1) is 19.2. The van der Waals surface area contributed by atoms with Crippen molar-refractivity contribution >= 4 is 58.4 Å². The van der Waals surface area contributed by atoms with Crippen molar-refractivity contribution in [2.24, 2.45) is 0 Å². The minimum absolute atomic E-state index is 0.0440. The number of aliphatic carboxylic acids is 1. The zero-order valence-electron chi connectivity index (χ0n) is 11.7. The Morgan fingerprint density at radius 2 is 1.82 bits per heavy atom. The molecule has 0 fully saturated rings. The van der Waals surface area contributed by atoms with Crippen LogP contribution in [0.5, 0.6) is 5.75 Å². The van der Waals surface area contributed by atoms with E-state index < -0.39 is 23.9 Å². The minimum Gasteiger partial charge on any atom is -0.481 e. The van der Waals surface area contributed by atoms with Crippen LogP contribution >= 0.6 is 46.6 Å². The lowest BCUT2D eigenvalue weighted by Gasteiger charge is -2.16. The maximum absolute atomic E-state index is 11.8. The van der Waals surface area contributed by atoms with Crippen molar-refractivity contribution in [2.45, 2.75) is 24.5 Å². The van der Waals surface area contributed by atoms with Gasteiger partial charge in [-0.2, -0.15) is 0 Å². The van der Waals surface area contributed by atoms with E-state index in [0.717, 1.165) is 11.8 Å². The van der Waals surface area contributed by atoms with Crippen LogP contribution < -0.4 is 10.1 Å². The summed E-state index contributed by atoms with van der Waals surface area (Å²) in [6, 6.07) is 2.85. The van der Waals surface area contributed by atoms with Gasteiger partial charge in [0, 0.05) is 10.3 Å². The van der Waals surface area contributed by atoms with E-state index in [1.54, 1.807) is 0 Å². The van der Waals surface area contributed by atoms with Crippen molar-refractivity contribution in [3.05, 3.63) is 27.2 Å². The van der Waals surface area contributed by atoms with Crippen LogP contribution in [-0.2, 0) is 9.59 Å². The third kappa shape index (κ3) is 6.12. The number of rotatable bonds is 7. The Morgan fingerprint density at radius 1 is 1.27 bits per heavy atom. The van der Waals surface area contributed by atoms with E-state index in [9.17, 15) is 9.59 Å². The van der Waals surface area contributed by atoms with E-state index in [1.165, 1.54) is 12.1 Å². The molecule has 1 rings (SSSR count). The van der Waals surface area contributed by atoms with Gasteiger partial charge < -0.3 is 15.2 Å². The van der Waals surface area contributed by atoms with Gasteiger partial charge in [0.15, 0.2) is 17.7 Å². The number of nitrogens with one attached hydrogen (secondary N) is 1. The fourth-order valence-corrected chi connectivity index (χ4v) is 3.20. The van der Waals surface area contributed by atoms with Crippen molar-refractivity contribution in [3.8, 4) is 5.75 Å². The highest BCUT2D eigenvalue weighted by Crippen LogP contribution is 2.35. The Kier molecular flexibility index (Phi) is 7.62. The molecule has 22 heavy (non-hydrogen) atoms. The van der Waals surface area contributed by atoms with Crippen LogP contribution in [-0.4, -0.2) is 34.2 Å². The maximum atomic E-state index is 11.8. The van der Waals surface area contributed by atoms with Gasteiger partial charge in [-0.25, -0.2) is 4.79 Å². The molecular weight excluding hydrogens is 373 g/mol. The lowest BCUT2D eigenvalue weighted by Crippen LogP contribution is -2.41. The zero-order valence-corrected chi connectivity index (χ0v) is 14.8. The largest absolute Gasteiger partial charge is 0.481 e. The molecule has 1 unspecified atom stereocenters. The Balaban J connectivity index is 2.64. The van der Waals surface area contributed by atoms with Crippen molar-refractivity contribution in [1.29, 1.82) is 0 Å². The van der Waals surface area contributed by atoms with Gasteiger partial charge in [0.05, 0.1) is 10.0 Å². The summed E-state index contributed by atoms with van der Waals surface area (Å²) < 4.78 is 5.23. The van der Waals surface area contributed by atoms with Crippen LogP contribution in [0.25, 0.3) is 0 Å². The lowest BCUT2D eigenvalue weighted by molar-refractivity contribution is -0.139. The van der Waals surface area contributed by atoms with E-state index in [0.29, 0.717) is 5.02 Å². The number of carboxylic acids is 1. The van der Waals surface area contributed by atoms with Gasteiger partial charge in [0.1, 0.15) is 0 Å². The smallest absolute Gasteiger partial charge is 0.336 e. The van der Waals surface area contributed by atoms with Gasteiger partial charge in [0.2, 0.25) is 0 Å². The minimum atomic E-state index is -1.13. The number of hydrogen-bond donors (Lipinski definition) is 2. The van der Waals surface area contributed by atoms with E-state index in [2.05, 4.69) is 5.32 Å². The van der Waals surface area contributed by atoms with Crippen LogP contribution in [0.1, 0.15) is 13.8 Å². The highest BCUT2D eigenvalue weighted by molar-refractivity contribution is 8.01. The first-order valence-corrected chi connectivity index (χ1v) is 8.23. The number of carboxylic acid groups (broad SMARTS) is 1. The average Bonchev–Trinajstić information content (AvgIpc) is 2.35.